The van der Waals surface area contributed by atoms with Crippen LogP contribution in [0.1, 0.15) is 17.4 Å². The van der Waals surface area contributed by atoms with E-state index in [-0.39, 0.29) is 22.4 Å². The van der Waals surface area contributed by atoms with Gasteiger partial charge in [0.25, 0.3) is 10.2 Å². The molecule has 9 N–H and O–H groups in total. The standard InChI is InChI=1S/C19H20FN7O7S2/c20-11-2-1-3-13(35(22,30)31)10(11)5-4-9-7-27(18-14(9)17(21)24-8-25-18)19-16(29)15(28)12(34-19)6-26-36(23,32)33/h1-3,7-8,12,15-16,19,26,28-29H,6H2,(H2,21,24,25)(H2,22,30,31)(H2,23,32,33)/t12-,15-,16-,19-/m1/s1. The Morgan fingerprint density at radius 1 is 1.14 bits per heavy atom. The van der Waals surface area contributed by atoms with Gasteiger partial charge < -0.3 is 25.3 Å². The highest BCUT2D eigenvalue weighted by atomic mass is 32.2. The van der Waals surface area contributed by atoms with Crippen LogP contribution < -0.4 is 20.7 Å². The van der Waals surface area contributed by atoms with Crippen molar-refractivity contribution in [2.45, 2.75) is 29.4 Å². The number of nitrogens with zero attached hydrogens (tertiary/aromatic N) is 3. The van der Waals surface area contributed by atoms with Gasteiger partial charge in [-0.25, -0.2) is 33.1 Å². The number of sulfonamides is 1. The summed E-state index contributed by atoms with van der Waals surface area (Å²) in [6.07, 6.45) is -3.04. The molecule has 192 valence electrons. The average Bonchev–Trinajstić information content (AvgIpc) is 3.28. The van der Waals surface area contributed by atoms with Crippen molar-refractivity contribution in [3.8, 4) is 11.8 Å². The van der Waals surface area contributed by atoms with E-state index >= 15 is 0 Å². The third-order valence-electron chi connectivity index (χ3n) is 5.34. The molecule has 0 bridgehead atoms. The number of rotatable bonds is 5. The van der Waals surface area contributed by atoms with Gasteiger partial charge in [0, 0.05) is 12.7 Å². The topological polar surface area (TPSA) is 239 Å². The zero-order chi connectivity index (χ0) is 26.4. The van der Waals surface area contributed by atoms with E-state index in [4.69, 9.17) is 20.7 Å². The van der Waals surface area contributed by atoms with Crippen molar-refractivity contribution in [3.05, 3.63) is 47.7 Å². The molecule has 0 amide bonds. The Morgan fingerprint density at radius 3 is 2.53 bits per heavy atom. The molecule has 1 fully saturated rings. The molecule has 17 heteroatoms. The number of benzene rings is 1. The van der Waals surface area contributed by atoms with E-state index in [1.54, 1.807) is 0 Å². The quantitative estimate of drug-likeness (QED) is 0.187. The number of anilines is 1. The van der Waals surface area contributed by atoms with Crippen LogP contribution in [0.4, 0.5) is 10.2 Å². The number of nitrogens with two attached hydrogens (primary N) is 3. The molecule has 14 nitrogen and oxygen atoms in total. The summed E-state index contributed by atoms with van der Waals surface area (Å²) in [5.41, 5.74) is 5.74. The van der Waals surface area contributed by atoms with E-state index in [0.717, 1.165) is 18.5 Å². The summed E-state index contributed by atoms with van der Waals surface area (Å²) in [5, 5.41) is 31.2. The summed E-state index contributed by atoms with van der Waals surface area (Å²) in [6, 6.07) is 3.28. The fraction of sp³-hybridized carbons (Fsp3) is 0.263. The minimum absolute atomic E-state index is 0.0382. The number of aliphatic hydroxyl groups excluding tert-OH is 2. The number of primary sulfonamides is 1. The normalized spacial score (nSPS) is 22.5. The lowest BCUT2D eigenvalue weighted by Crippen LogP contribution is -2.42. The van der Waals surface area contributed by atoms with Gasteiger partial charge in [-0.2, -0.15) is 13.1 Å². The molecule has 0 saturated carbocycles. The predicted molar refractivity (Wildman–Crippen MR) is 123 cm³/mol. The van der Waals surface area contributed by atoms with Crippen molar-refractivity contribution < 1.29 is 36.2 Å². The van der Waals surface area contributed by atoms with Crippen LogP contribution in [-0.2, 0) is 25.0 Å². The number of halogens is 1. The SMILES string of the molecule is Nc1ncnc2c1c(C#Cc1c(F)cccc1S(N)(=O)=O)cn2[C@@H]1O[C@H](CNS(N)(=O)=O)[C@@H](O)[C@H]1O. The van der Waals surface area contributed by atoms with E-state index in [1.165, 1.54) is 16.8 Å². The first kappa shape index (κ1) is 25.9. The minimum Gasteiger partial charge on any atom is -0.387 e. The summed E-state index contributed by atoms with van der Waals surface area (Å²) >= 11 is 0. The van der Waals surface area contributed by atoms with E-state index in [1.807, 2.05) is 4.72 Å². The molecule has 4 atom stereocenters. The van der Waals surface area contributed by atoms with Gasteiger partial charge in [0.1, 0.15) is 46.8 Å². The molecule has 3 heterocycles. The highest BCUT2D eigenvalue weighted by molar-refractivity contribution is 7.89. The van der Waals surface area contributed by atoms with E-state index in [2.05, 4.69) is 21.8 Å². The summed E-state index contributed by atoms with van der Waals surface area (Å²) in [5.74, 6) is 4.10. The smallest absolute Gasteiger partial charge is 0.274 e. The first-order valence-electron chi connectivity index (χ1n) is 10.0. The summed E-state index contributed by atoms with van der Waals surface area (Å²) < 4.78 is 69.4. The van der Waals surface area contributed by atoms with Crippen molar-refractivity contribution in [2.24, 2.45) is 10.3 Å². The van der Waals surface area contributed by atoms with Crippen LogP contribution in [0, 0.1) is 17.7 Å². The fourth-order valence-electron chi connectivity index (χ4n) is 3.72. The van der Waals surface area contributed by atoms with Gasteiger partial charge in [0.15, 0.2) is 6.23 Å². The molecule has 0 aliphatic carbocycles. The Bertz CT molecular complexity index is 1620. The second kappa shape index (κ2) is 9.34. The predicted octanol–water partition coefficient (Wildman–Crippen LogP) is -2.39. The number of fused-ring (bicyclic) bond motifs is 1. The first-order chi connectivity index (χ1) is 16.8. The molecule has 0 unspecified atom stereocenters. The van der Waals surface area contributed by atoms with Crippen molar-refractivity contribution >= 4 is 37.1 Å². The molecule has 1 aliphatic heterocycles. The van der Waals surface area contributed by atoms with Gasteiger partial charge in [-0.05, 0) is 12.1 Å². The molecular formula is C19H20FN7O7S2. The van der Waals surface area contributed by atoms with Crippen LogP contribution in [0.3, 0.4) is 0 Å². The van der Waals surface area contributed by atoms with Gasteiger partial charge in [-0.3, -0.25) is 0 Å². The molecule has 1 aromatic carbocycles. The van der Waals surface area contributed by atoms with Gasteiger partial charge in [0.05, 0.1) is 16.5 Å². The van der Waals surface area contributed by atoms with Crippen molar-refractivity contribution in [2.75, 3.05) is 12.3 Å². The van der Waals surface area contributed by atoms with Gasteiger partial charge >= 0.3 is 0 Å². The van der Waals surface area contributed by atoms with Crippen molar-refractivity contribution in [1.82, 2.24) is 19.3 Å². The zero-order valence-corrected chi connectivity index (χ0v) is 19.7. The fourth-order valence-corrected chi connectivity index (χ4v) is 4.81. The van der Waals surface area contributed by atoms with E-state index < -0.39 is 67.6 Å². The maximum Gasteiger partial charge on any atom is 0.274 e. The molecule has 36 heavy (non-hydrogen) atoms. The molecular weight excluding hydrogens is 521 g/mol. The molecule has 0 radical (unpaired) electrons. The van der Waals surface area contributed by atoms with E-state index in [9.17, 15) is 31.4 Å². The molecule has 0 spiro atoms. The monoisotopic (exact) mass is 541 g/mol. The molecule has 3 aromatic rings. The lowest BCUT2D eigenvalue weighted by Gasteiger charge is -2.17. The van der Waals surface area contributed by atoms with Crippen LogP contribution in [0.2, 0.25) is 0 Å². The number of aromatic nitrogens is 3. The lowest BCUT2D eigenvalue weighted by molar-refractivity contribution is -0.0327. The Balaban J connectivity index is 1.79. The van der Waals surface area contributed by atoms with Gasteiger partial charge in [-0.15, -0.1) is 0 Å². The summed E-state index contributed by atoms with van der Waals surface area (Å²) in [6.45, 7) is -0.430. The van der Waals surface area contributed by atoms with Gasteiger partial charge in [-0.1, -0.05) is 17.9 Å². The minimum atomic E-state index is -4.29. The Labute approximate surface area is 204 Å². The first-order valence-corrected chi connectivity index (χ1v) is 13.1. The number of ether oxygens (including phenoxy) is 1. The second-order valence-electron chi connectivity index (χ2n) is 7.76. The van der Waals surface area contributed by atoms with Crippen LogP contribution in [0.25, 0.3) is 11.0 Å². The third kappa shape index (κ3) is 5.02. The third-order valence-corrected chi connectivity index (χ3v) is 6.86. The average molecular weight is 542 g/mol. The maximum atomic E-state index is 14.4. The van der Waals surface area contributed by atoms with E-state index in [0.29, 0.717) is 0 Å². The number of aliphatic hydroxyl groups is 2. The molecule has 1 aliphatic rings. The van der Waals surface area contributed by atoms with Gasteiger partial charge in [0.2, 0.25) is 10.0 Å². The summed E-state index contributed by atoms with van der Waals surface area (Å²) in [7, 11) is -8.38. The number of hydrogen-bond acceptors (Lipinski definition) is 10. The second-order valence-corrected chi connectivity index (χ2v) is 10.7. The van der Waals surface area contributed by atoms with Crippen LogP contribution >= 0.6 is 0 Å². The molecule has 4 rings (SSSR count). The number of nitrogen functional groups attached to an aromatic ring is 1. The lowest BCUT2D eigenvalue weighted by atomic mass is 10.1. The van der Waals surface area contributed by atoms with Crippen molar-refractivity contribution in [3.63, 3.8) is 0 Å². The van der Waals surface area contributed by atoms with Crippen LogP contribution in [-0.4, -0.2) is 66.4 Å². The highest BCUT2D eigenvalue weighted by Gasteiger charge is 2.44. The van der Waals surface area contributed by atoms with Crippen molar-refractivity contribution in [1.29, 1.82) is 0 Å². The number of hydrogen-bond donors (Lipinski definition) is 6. The molecule has 2 aromatic heterocycles. The Morgan fingerprint density at radius 2 is 1.86 bits per heavy atom. The maximum absolute atomic E-state index is 14.4. The van der Waals surface area contributed by atoms with Crippen LogP contribution in [0.15, 0.2) is 35.6 Å². The van der Waals surface area contributed by atoms with Crippen LogP contribution in [0.5, 0.6) is 0 Å². The number of nitrogens with one attached hydrogen (secondary N) is 1. The largest absolute Gasteiger partial charge is 0.387 e. The Kier molecular flexibility index (Phi) is 6.72. The zero-order valence-electron chi connectivity index (χ0n) is 18.1. The highest BCUT2D eigenvalue weighted by Crippen LogP contribution is 2.34. The molecule has 1 saturated heterocycles. The summed E-state index contributed by atoms with van der Waals surface area (Å²) in [4.78, 5) is 7.49. The Hall–Kier alpha value is -3.21.